The SMILES string of the molecule is CCCn1c(C)c(C(N)=O)c(C)c1-c1ccccc1. The third-order valence-electron chi connectivity index (χ3n) is 3.51. The molecule has 1 aromatic heterocycles. The lowest BCUT2D eigenvalue weighted by molar-refractivity contribution is 0.0999. The molecule has 0 saturated carbocycles. The van der Waals surface area contributed by atoms with Crippen molar-refractivity contribution in [2.24, 2.45) is 5.73 Å². The van der Waals surface area contributed by atoms with Gasteiger partial charge in [0.05, 0.1) is 11.3 Å². The second-order valence-electron chi connectivity index (χ2n) is 4.82. The highest BCUT2D eigenvalue weighted by Crippen LogP contribution is 2.31. The smallest absolute Gasteiger partial charge is 0.250 e. The highest BCUT2D eigenvalue weighted by Gasteiger charge is 2.21. The number of carbonyl (C=O) groups excluding carboxylic acids is 1. The molecule has 0 aliphatic rings. The van der Waals surface area contributed by atoms with E-state index in [0.717, 1.165) is 35.5 Å². The van der Waals surface area contributed by atoms with Crippen LogP contribution in [0.25, 0.3) is 11.3 Å². The number of amides is 1. The maximum absolute atomic E-state index is 11.7. The van der Waals surface area contributed by atoms with Gasteiger partial charge < -0.3 is 10.3 Å². The normalized spacial score (nSPS) is 10.7. The Labute approximate surface area is 114 Å². The van der Waals surface area contributed by atoms with E-state index < -0.39 is 0 Å². The van der Waals surface area contributed by atoms with Crippen LogP contribution in [0, 0.1) is 13.8 Å². The summed E-state index contributed by atoms with van der Waals surface area (Å²) in [6, 6.07) is 10.2. The molecule has 0 spiro atoms. The van der Waals surface area contributed by atoms with E-state index in [1.165, 1.54) is 0 Å². The van der Waals surface area contributed by atoms with Crippen molar-refractivity contribution < 1.29 is 4.79 Å². The number of nitrogens with zero attached hydrogens (tertiary/aromatic N) is 1. The molecule has 2 aromatic rings. The van der Waals surface area contributed by atoms with Crippen molar-refractivity contribution in [3.63, 3.8) is 0 Å². The fourth-order valence-electron chi connectivity index (χ4n) is 2.73. The lowest BCUT2D eigenvalue weighted by Crippen LogP contribution is -2.13. The Bertz CT molecular complexity index is 597. The maximum atomic E-state index is 11.7. The molecule has 0 bridgehead atoms. The predicted molar refractivity (Wildman–Crippen MR) is 78.2 cm³/mol. The zero-order chi connectivity index (χ0) is 14.0. The van der Waals surface area contributed by atoms with Gasteiger partial charge in [-0.25, -0.2) is 0 Å². The number of rotatable bonds is 4. The largest absolute Gasteiger partial charge is 0.366 e. The van der Waals surface area contributed by atoms with Crippen LogP contribution in [0.15, 0.2) is 30.3 Å². The number of hydrogen-bond acceptors (Lipinski definition) is 1. The minimum Gasteiger partial charge on any atom is -0.366 e. The summed E-state index contributed by atoms with van der Waals surface area (Å²) in [6.45, 7) is 6.97. The predicted octanol–water partition coefficient (Wildman–Crippen LogP) is 3.28. The van der Waals surface area contributed by atoms with E-state index in [1.807, 2.05) is 32.0 Å². The van der Waals surface area contributed by atoms with Crippen molar-refractivity contribution in [2.75, 3.05) is 0 Å². The Kier molecular flexibility index (Phi) is 3.74. The van der Waals surface area contributed by atoms with Crippen LogP contribution in [0.3, 0.4) is 0 Å². The van der Waals surface area contributed by atoms with Crippen LogP contribution in [-0.2, 0) is 6.54 Å². The van der Waals surface area contributed by atoms with Gasteiger partial charge in [-0.1, -0.05) is 37.3 Å². The van der Waals surface area contributed by atoms with E-state index in [4.69, 9.17) is 5.73 Å². The van der Waals surface area contributed by atoms with Gasteiger partial charge in [-0.3, -0.25) is 4.79 Å². The second kappa shape index (κ2) is 5.31. The van der Waals surface area contributed by atoms with E-state index in [2.05, 4.69) is 23.6 Å². The summed E-state index contributed by atoms with van der Waals surface area (Å²) < 4.78 is 2.20. The Morgan fingerprint density at radius 3 is 2.37 bits per heavy atom. The molecule has 19 heavy (non-hydrogen) atoms. The van der Waals surface area contributed by atoms with Gasteiger partial charge in [-0.15, -0.1) is 0 Å². The first-order valence-electron chi connectivity index (χ1n) is 6.62. The van der Waals surface area contributed by atoms with Gasteiger partial charge in [-0.2, -0.15) is 0 Å². The first kappa shape index (κ1) is 13.4. The topological polar surface area (TPSA) is 48.0 Å². The average Bonchev–Trinajstić information content (AvgIpc) is 2.63. The Morgan fingerprint density at radius 1 is 1.21 bits per heavy atom. The van der Waals surface area contributed by atoms with Gasteiger partial charge in [0.1, 0.15) is 0 Å². The van der Waals surface area contributed by atoms with Crippen molar-refractivity contribution in [1.82, 2.24) is 4.57 Å². The summed E-state index contributed by atoms with van der Waals surface area (Å²) in [5.74, 6) is -0.345. The van der Waals surface area contributed by atoms with Crippen LogP contribution in [0.1, 0.15) is 35.0 Å². The van der Waals surface area contributed by atoms with E-state index in [9.17, 15) is 4.79 Å². The van der Waals surface area contributed by atoms with Gasteiger partial charge in [0.2, 0.25) is 0 Å². The van der Waals surface area contributed by atoms with E-state index in [1.54, 1.807) is 0 Å². The number of primary amides is 1. The molecule has 1 aromatic carbocycles. The van der Waals surface area contributed by atoms with Gasteiger partial charge in [0, 0.05) is 12.2 Å². The van der Waals surface area contributed by atoms with Gasteiger partial charge >= 0.3 is 0 Å². The molecule has 0 radical (unpaired) electrons. The van der Waals surface area contributed by atoms with E-state index in [-0.39, 0.29) is 5.91 Å². The zero-order valence-electron chi connectivity index (χ0n) is 11.7. The number of aromatic nitrogens is 1. The summed E-state index contributed by atoms with van der Waals surface area (Å²) in [6.07, 6.45) is 1.02. The minimum atomic E-state index is -0.345. The number of benzene rings is 1. The fourth-order valence-corrected chi connectivity index (χ4v) is 2.73. The molecule has 3 nitrogen and oxygen atoms in total. The number of carbonyl (C=O) groups is 1. The summed E-state index contributed by atoms with van der Waals surface area (Å²) in [5.41, 5.74) is 10.4. The molecule has 2 rings (SSSR count). The van der Waals surface area contributed by atoms with Gasteiger partial charge in [0.15, 0.2) is 0 Å². The summed E-state index contributed by atoms with van der Waals surface area (Å²) in [7, 11) is 0. The highest BCUT2D eigenvalue weighted by molar-refractivity contribution is 5.97. The van der Waals surface area contributed by atoms with Crippen molar-refractivity contribution >= 4 is 5.91 Å². The average molecular weight is 256 g/mol. The molecular formula is C16H20N2O. The summed E-state index contributed by atoms with van der Waals surface area (Å²) >= 11 is 0. The van der Waals surface area contributed by atoms with Crippen molar-refractivity contribution in [3.05, 3.63) is 47.2 Å². The van der Waals surface area contributed by atoms with Crippen LogP contribution < -0.4 is 5.73 Å². The number of nitrogens with two attached hydrogens (primary N) is 1. The Morgan fingerprint density at radius 2 is 1.84 bits per heavy atom. The molecule has 0 fully saturated rings. The monoisotopic (exact) mass is 256 g/mol. The van der Waals surface area contributed by atoms with Crippen LogP contribution in [0.2, 0.25) is 0 Å². The third-order valence-corrected chi connectivity index (χ3v) is 3.51. The first-order chi connectivity index (χ1) is 9.07. The highest BCUT2D eigenvalue weighted by atomic mass is 16.1. The Balaban J connectivity index is 2.72. The third kappa shape index (κ3) is 2.28. The molecule has 100 valence electrons. The lowest BCUT2D eigenvalue weighted by atomic mass is 10.1. The molecule has 1 amide bonds. The van der Waals surface area contributed by atoms with E-state index >= 15 is 0 Å². The quantitative estimate of drug-likeness (QED) is 0.896. The van der Waals surface area contributed by atoms with Crippen LogP contribution in [0.4, 0.5) is 0 Å². The lowest BCUT2D eigenvalue weighted by Gasteiger charge is -2.11. The molecule has 1 heterocycles. The Hall–Kier alpha value is -2.03. The molecule has 0 saturated heterocycles. The standard InChI is InChI=1S/C16H20N2O/c1-4-10-18-12(3)14(16(17)19)11(2)15(18)13-8-6-5-7-9-13/h5-9H,4,10H2,1-3H3,(H2,17,19). The van der Waals surface area contributed by atoms with Crippen molar-refractivity contribution in [2.45, 2.75) is 33.7 Å². The second-order valence-corrected chi connectivity index (χ2v) is 4.82. The zero-order valence-corrected chi connectivity index (χ0v) is 11.7. The van der Waals surface area contributed by atoms with Crippen LogP contribution in [0.5, 0.6) is 0 Å². The first-order valence-corrected chi connectivity index (χ1v) is 6.62. The van der Waals surface area contributed by atoms with Gasteiger partial charge in [-0.05, 0) is 31.4 Å². The molecule has 0 atom stereocenters. The van der Waals surface area contributed by atoms with Crippen molar-refractivity contribution in [3.8, 4) is 11.3 Å². The van der Waals surface area contributed by atoms with Crippen LogP contribution in [-0.4, -0.2) is 10.5 Å². The van der Waals surface area contributed by atoms with Gasteiger partial charge in [0.25, 0.3) is 5.91 Å². The molecule has 0 aliphatic carbocycles. The van der Waals surface area contributed by atoms with E-state index in [0.29, 0.717) is 5.56 Å². The molecular weight excluding hydrogens is 236 g/mol. The maximum Gasteiger partial charge on any atom is 0.250 e. The fraction of sp³-hybridized carbons (Fsp3) is 0.312. The van der Waals surface area contributed by atoms with Crippen LogP contribution >= 0.6 is 0 Å². The summed E-state index contributed by atoms with van der Waals surface area (Å²) in [5, 5.41) is 0. The van der Waals surface area contributed by atoms with Crippen molar-refractivity contribution in [1.29, 1.82) is 0 Å². The molecule has 0 aliphatic heterocycles. The minimum absolute atomic E-state index is 0.345. The molecule has 0 unspecified atom stereocenters. The molecule has 3 heteroatoms. The summed E-state index contributed by atoms with van der Waals surface area (Å²) in [4.78, 5) is 11.7. The molecule has 2 N–H and O–H groups in total. The number of hydrogen-bond donors (Lipinski definition) is 1.